The van der Waals surface area contributed by atoms with Crippen LogP contribution in [0.25, 0.3) is 0 Å². The molecule has 0 aliphatic carbocycles. The second kappa shape index (κ2) is 6.19. The summed E-state index contributed by atoms with van der Waals surface area (Å²) < 4.78 is 20.3. The van der Waals surface area contributed by atoms with Crippen molar-refractivity contribution in [1.29, 1.82) is 0 Å². The Hall–Kier alpha value is -0.630. The summed E-state index contributed by atoms with van der Waals surface area (Å²) >= 11 is 0. The number of benzene rings is 1. The van der Waals surface area contributed by atoms with E-state index in [1.54, 1.807) is 0 Å². The second-order valence-electron chi connectivity index (χ2n) is 3.41. The molecule has 1 unspecified atom stereocenters. The fraction of sp³-hybridized carbons (Fsp3) is 0.500. The van der Waals surface area contributed by atoms with Gasteiger partial charge >= 0.3 is 7.52 Å². The minimum absolute atomic E-state index is 0.461. The van der Waals surface area contributed by atoms with Crippen LogP contribution in [-0.2, 0) is 9.09 Å². The molecule has 0 saturated carbocycles. The predicted octanol–water partition coefficient (Wildman–Crippen LogP) is 2.88. The number of hydrogen-bond donors (Lipinski definition) is 0. The van der Waals surface area contributed by atoms with Crippen molar-refractivity contribution in [2.24, 2.45) is 0 Å². The van der Waals surface area contributed by atoms with Gasteiger partial charge in [0.2, 0.25) is 0 Å². The summed E-state index contributed by atoms with van der Waals surface area (Å²) in [5.41, 5.74) is 0. The van der Waals surface area contributed by atoms with Crippen LogP contribution in [0.5, 0.6) is 0 Å². The molecule has 90 valence electrons. The molecule has 1 aromatic carbocycles. The molecule has 0 bridgehead atoms. The highest BCUT2D eigenvalue weighted by Crippen LogP contribution is 2.49. The Kier molecular flexibility index (Phi) is 5.20. The molecule has 0 spiro atoms. The lowest BCUT2D eigenvalue weighted by atomic mass is 10.4. The van der Waals surface area contributed by atoms with Crippen LogP contribution in [0.3, 0.4) is 0 Å². The van der Waals surface area contributed by atoms with Crippen LogP contribution in [0.15, 0.2) is 30.3 Å². The van der Waals surface area contributed by atoms with Crippen molar-refractivity contribution >= 4 is 12.8 Å². The standard InChI is InChI=1S/C12H20NO2P/c1-4-13(5-2)16(14,15-6-3)12-10-8-7-9-11-12/h7-11H,4-6H2,1-3H3. The van der Waals surface area contributed by atoms with Crippen LogP contribution >= 0.6 is 7.52 Å². The van der Waals surface area contributed by atoms with Gasteiger partial charge in [0.1, 0.15) is 0 Å². The molecular weight excluding hydrogens is 221 g/mol. The van der Waals surface area contributed by atoms with Crippen molar-refractivity contribution in [3.05, 3.63) is 30.3 Å². The fourth-order valence-corrected chi connectivity index (χ4v) is 3.99. The van der Waals surface area contributed by atoms with Crippen LogP contribution in [0.2, 0.25) is 0 Å². The summed E-state index contributed by atoms with van der Waals surface area (Å²) in [7, 11) is -2.85. The van der Waals surface area contributed by atoms with Crippen molar-refractivity contribution in [2.75, 3.05) is 19.7 Å². The average Bonchev–Trinajstić information content (AvgIpc) is 2.32. The molecule has 0 radical (unpaired) electrons. The van der Waals surface area contributed by atoms with E-state index in [-0.39, 0.29) is 0 Å². The average molecular weight is 241 g/mol. The van der Waals surface area contributed by atoms with Gasteiger partial charge < -0.3 is 4.52 Å². The third-order valence-electron chi connectivity index (χ3n) is 2.49. The Labute approximate surface area is 97.9 Å². The SMILES string of the molecule is CCOP(=O)(c1ccccc1)N(CC)CC. The number of nitrogens with zero attached hydrogens (tertiary/aromatic N) is 1. The van der Waals surface area contributed by atoms with Crippen LogP contribution in [0, 0.1) is 0 Å². The Morgan fingerprint density at radius 2 is 1.69 bits per heavy atom. The monoisotopic (exact) mass is 241 g/mol. The zero-order chi connectivity index (χ0) is 12.0. The molecule has 0 amide bonds. The Balaban J connectivity index is 3.11. The van der Waals surface area contributed by atoms with Crippen LogP contribution < -0.4 is 5.30 Å². The van der Waals surface area contributed by atoms with Gasteiger partial charge in [-0.15, -0.1) is 0 Å². The lowest BCUT2D eigenvalue weighted by molar-refractivity contribution is 0.287. The summed E-state index contributed by atoms with van der Waals surface area (Å²) in [5.74, 6) is 0. The van der Waals surface area contributed by atoms with E-state index < -0.39 is 7.52 Å². The molecule has 0 aliphatic heterocycles. The first-order chi connectivity index (χ1) is 7.69. The molecule has 1 rings (SSSR count). The maximum Gasteiger partial charge on any atom is 0.302 e. The quantitative estimate of drug-likeness (QED) is 0.717. The summed E-state index contributed by atoms with van der Waals surface area (Å²) in [5, 5.41) is 0.778. The van der Waals surface area contributed by atoms with E-state index in [1.165, 1.54) is 0 Å². The smallest absolute Gasteiger partial charge is 0.302 e. The maximum atomic E-state index is 12.9. The molecule has 4 heteroatoms. The van der Waals surface area contributed by atoms with E-state index in [9.17, 15) is 4.57 Å². The molecule has 0 N–H and O–H groups in total. The molecule has 0 aromatic heterocycles. The lowest BCUT2D eigenvalue weighted by Gasteiger charge is -2.29. The van der Waals surface area contributed by atoms with Gasteiger partial charge in [-0.25, -0.2) is 4.67 Å². The third kappa shape index (κ3) is 2.73. The summed E-state index contributed by atoms with van der Waals surface area (Å²) in [4.78, 5) is 0. The van der Waals surface area contributed by atoms with Crippen molar-refractivity contribution in [3.8, 4) is 0 Å². The highest BCUT2D eigenvalue weighted by atomic mass is 31.2. The number of hydrogen-bond acceptors (Lipinski definition) is 2. The normalized spacial score (nSPS) is 15.0. The van der Waals surface area contributed by atoms with Gasteiger partial charge in [0.15, 0.2) is 0 Å². The molecule has 16 heavy (non-hydrogen) atoms. The summed E-state index contributed by atoms with van der Waals surface area (Å²) in [6, 6.07) is 9.44. The van der Waals surface area contributed by atoms with Crippen LogP contribution in [-0.4, -0.2) is 24.4 Å². The summed E-state index contributed by atoms with van der Waals surface area (Å²) in [6.07, 6.45) is 0. The first kappa shape index (κ1) is 13.4. The lowest BCUT2D eigenvalue weighted by Crippen LogP contribution is -2.27. The zero-order valence-electron chi connectivity index (χ0n) is 10.2. The molecule has 0 heterocycles. The van der Waals surface area contributed by atoms with E-state index >= 15 is 0 Å². The number of rotatable bonds is 6. The Morgan fingerprint density at radius 3 is 2.12 bits per heavy atom. The van der Waals surface area contributed by atoms with Gasteiger partial charge in [-0.3, -0.25) is 4.57 Å². The van der Waals surface area contributed by atoms with Gasteiger partial charge in [-0.2, -0.15) is 0 Å². The molecule has 0 aliphatic rings. The highest BCUT2D eigenvalue weighted by molar-refractivity contribution is 7.64. The molecular formula is C12H20NO2P. The minimum Gasteiger partial charge on any atom is -0.314 e. The van der Waals surface area contributed by atoms with Crippen molar-refractivity contribution in [2.45, 2.75) is 20.8 Å². The van der Waals surface area contributed by atoms with Crippen LogP contribution in [0.1, 0.15) is 20.8 Å². The molecule has 0 fully saturated rings. The van der Waals surface area contributed by atoms with E-state index in [1.807, 2.05) is 55.8 Å². The van der Waals surface area contributed by atoms with Gasteiger partial charge in [-0.05, 0) is 19.1 Å². The second-order valence-corrected chi connectivity index (χ2v) is 5.79. The molecule has 1 aromatic rings. The van der Waals surface area contributed by atoms with Gasteiger partial charge in [-0.1, -0.05) is 32.0 Å². The summed E-state index contributed by atoms with van der Waals surface area (Å²) in [6.45, 7) is 7.78. The largest absolute Gasteiger partial charge is 0.314 e. The van der Waals surface area contributed by atoms with Crippen molar-refractivity contribution in [3.63, 3.8) is 0 Å². The highest BCUT2D eigenvalue weighted by Gasteiger charge is 2.31. The zero-order valence-corrected chi connectivity index (χ0v) is 11.1. The molecule has 1 atom stereocenters. The predicted molar refractivity (Wildman–Crippen MR) is 68.2 cm³/mol. The molecule has 3 nitrogen and oxygen atoms in total. The molecule has 0 saturated heterocycles. The van der Waals surface area contributed by atoms with E-state index in [4.69, 9.17) is 4.52 Å². The first-order valence-electron chi connectivity index (χ1n) is 5.74. The first-order valence-corrected chi connectivity index (χ1v) is 7.32. The van der Waals surface area contributed by atoms with E-state index in [2.05, 4.69) is 0 Å². The van der Waals surface area contributed by atoms with Gasteiger partial charge in [0, 0.05) is 13.1 Å². The van der Waals surface area contributed by atoms with E-state index in [0.29, 0.717) is 6.61 Å². The minimum atomic E-state index is -2.85. The van der Waals surface area contributed by atoms with Gasteiger partial charge in [0.05, 0.1) is 11.9 Å². The van der Waals surface area contributed by atoms with Crippen molar-refractivity contribution in [1.82, 2.24) is 4.67 Å². The topological polar surface area (TPSA) is 29.5 Å². The Morgan fingerprint density at radius 1 is 1.12 bits per heavy atom. The Bertz CT molecular complexity index is 349. The maximum absolute atomic E-state index is 12.9. The van der Waals surface area contributed by atoms with E-state index in [0.717, 1.165) is 18.4 Å². The van der Waals surface area contributed by atoms with Gasteiger partial charge in [0.25, 0.3) is 0 Å². The van der Waals surface area contributed by atoms with Crippen molar-refractivity contribution < 1.29 is 9.09 Å². The van der Waals surface area contributed by atoms with Crippen LogP contribution in [0.4, 0.5) is 0 Å². The third-order valence-corrected chi connectivity index (χ3v) is 5.36. The fourth-order valence-electron chi connectivity index (χ4n) is 1.71.